The Morgan fingerprint density at radius 2 is 1.89 bits per heavy atom. The monoisotopic (exact) mass is 272 g/mol. The maximum atomic E-state index is 13.5. The number of hydrogen-bond donors (Lipinski definition) is 1. The summed E-state index contributed by atoms with van der Waals surface area (Å²) in [5.41, 5.74) is -0.621. The Morgan fingerprint density at radius 1 is 1.32 bits per heavy atom. The molecule has 0 aromatic heterocycles. The quantitative estimate of drug-likeness (QED) is 0.674. The molecule has 1 aliphatic rings. The number of nitro groups is 1. The summed E-state index contributed by atoms with van der Waals surface area (Å²) < 4.78 is 32.2. The molecule has 0 aliphatic carbocycles. The van der Waals surface area contributed by atoms with Crippen molar-refractivity contribution < 1.29 is 18.4 Å². The number of benzene rings is 1. The van der Waals surface area contributed by atoms with Gasteiger partial charge in [0.25, 0.3) is 5.69 Å². The van der Waals surface area contributed by atoms with E-state index in [1.54, 1.807) is 0 Å². The van der Waals surface area contributed by atoms with Crippen LogP contribution < -0.4 is 10.1 Å². The average molecular weight is 272 g/mol. The molecule has 1 aromatic carbocycles. The molecule has 0 atom stereocenters. The Labute approximate surface area is 108 Å². The summed E-state index contributed by atoms with van der Waals surface area (Å²) in [5, 5.41) is 13.6. The molecule has 5 nitrogen and oxygen atoms in total. The van der Waals surface area contributed by atoms with Gasteiger partial charge in [-0.1, -0.05) is 0 Å². The molecule has 1 aromatic rings. The third-order valence-electron chi connectivity index (χ3n) is 3.12. The van der Waals surface area contributed by atoms with Crippen LogP contribution in [0.4, 0.5) is 14.5 Å². The second-order valence-electron chi connectivity index (χ2n) is 4.50. The minimum absolute atomic E-state index is 0.216. The maximum Gasteiger partial charge on any atom is 0.275 e. The van der Waals surface area contributed by atoms with Crippen LogP contribution in [0.5, 0.6) is 5.75 Å². The first kappa shape index (κ1) is 13.7. The van der Waals surface area contributed by atoms with Crippen molar-refractivity contribution in [1.82, 2.24) is 5.32 Å². The van der Waals surface area contributed by atoms with Gasteiger partial charge in [-0.25, -0.2) is 8.78 Å². The predicted molar refractivity (Wildman–Crippen MR) is 64.1 cm³/mol. The third kappa shape index (κ3) is 3.37. The zero-order chi connectivity index (χ0) is 13.8. The van der Waals surface area contributed by atoms with E-state index in [2.05, 4.69) is 5.32 Å². The largest absolute Gasteiger partial charge is 0.487 e. The van der Waals surface area contributed by atoms with Crippen LogP contribution in [-0.4, -0.2) is 24.6 Å². The van der Waals surface area contributed by atoms with Crippen LogP contribution in [0.1, 0.15) is 12.8 Å². The number of non-ortho nitro benzene ring substituents is 1. The molecule has 0 spiro atoms. The Balaban J connectivity index is 2.05. The van der Waals surface area contributed by atoms with Crippen LogP contribution in [0.25, 0.3) is 0 Å². The van der Waals surface area contributed by atoms with Crippen LogP contribution in [0, 0.1) is 27.7 Å². The maximum absolute atomic E-state index is 13.5. The van der Waals surface area contributed by atoms with Crippen molar-refractivity contribution in [1.29, 1.82) is 0 Å². The lowest BCUT2D eigenvalue weighted by Crippen LogP contribution is -2.30. The lowest BCUT2D eigenvalue weighted by atomic mass is 9.99. The number of piperidine rings is 1. The highest BCUT2D eigenvalue weighted by Crippen LogP contribution is 2.27. The number of nitrogens with one attached hydrogen (secondary N) is 1. The van der Waals surface area contributed by atoms with Gasteiger partial charge in [-0.2, -0.15) is 0 Å². The number of nitro benzene ring substituents is 1. The Hall–Kier alpha value is -1.76. The second kappa shape index (κ2) is 5.92. The molecule has 1 fully saturated rings. The van der Waals surface area contributed by atoms with Gasteiger partial charge in [0.1, 0.15) is 0 Å². The summed E-state index contributed by atoms with van der Waals surface area (Å²) >= 11 is 0. The van der Waals surface area contributed by atoms with Crippen molar-refractivity contribution in [2.24, 2.45) is 5.92 Å². The topological polar surface area (TPSA) is 64.4 Å². The van der Waals surface area contributed by atoms with E-state index in [1.807, 2.05) is 0 Å². The fourth-order valence-corrected chi connectivity index (χ4v) is 2.04. The van der Waals surface area contributed by atoms with Crippen molar-refractivity contribution in [3.8, 4) is 5.75 Å². The molecule has 0 saturated carbocycles. The molecule has 0 radical (unpaired) electrons. The standard InChI is InChI=1S/C12H14F2N2O3/c13-10-5-9(16(17)18)6-11(14)12(10)19-7-8-1-3-15-4-2-8/h5-6,8,15H,1-4,7H2. The van der Waals surface area contributed by atoms with Crippen LogP contribution in [0.15, 0.2) is 12.1 Å². The Bertz CT molecular complexity index is 453. The molecule has 1 N–H and O–H groups in total. The molecule has 104 valence electrons. The van der Waals surface area contributed by atoms with Crippen LogP contribution in [0.3, 0.4) is 0 Å². The molecule has 7 heteroatoms. The molecule has 0 unspecified atom stereocenters. The first-order valence-electron chi connectivity index (χ1n) is 6.05. The lowest BCUT2D eigenvalue weighted by molar-refractivity contribution is -0.385. The first-order valence-corrected chi connectivity index (χ1v) is 6.05. The second-order valence-corrected chi connectivity index (χ2v) is 4.50. The number of halogens is 2. The molecule has 19 heavy (non-hydrogen) atoms. The van der Waals surface area contributed by atoms with Crippen molar-refractivity contribution in [3.05, 3.63) is 33.9 Å². The summed E-state index contributed by atoms with van der Waals surface area (Å²) in [5.74, 6) is -2.37. The summed E-state index contributed by atoms with van der Waals surface area (Å²) in [6, 6.07) is 1.33. The zero-order valence-corrected chi connectivity index (χ0v) is 10.2. The summed E-state index contributed by atoms with van der Waals surface area (Å²) in [7, 11) is 0. The van der Waals surface area contributed by atoms with Gasteiger partial charge in [0.2, 0.25) is 0 Å². The first-order chi connectivity index (χ1) is 9.08. The number of nitrogens with zero attached hydrogens (tertiary/aromatic N) is 1. The summed E-state index contributed by atoms with van der Waals surface area (Å²) in [4.78, 5) is 9.60. The molecular formula is C12H14F2N2O3. The van der Waals surface area contributed by atoms with Crippen LogP contribution in [0.2, 0.25) is 0 Å². The van der Waals surface area contributed by atoms with Gasteiger partial charge < -0.3 is 10.1 Å². The fraction of sp³-hybridized carbons (Fsp3) is 0.500. The minimum atomic E-state index is -1.04. The van der Waals surface area contributed by atoms with Crippen molar-refractivity contribution in [2.45, 2.75) is 12.8 Å². The van der Waals surface area contributed by atoms with Crippen molar-refractivity contribution in [3.63, 3.8) is 0 Å². The van der Waals surface area contributed by atoms with E-state index in [9.17, 15) is 18.9 Å². The van der Waals surface area contributed by atoms with E-state index < -0.39 is 28.0 Å². The highest BCUT2D eigenvalue weighted by Gasteiger charge is 2.20. The van der Waals surface area contributed by atoms with E-state index in [4.69, 9.17) is 4.74 Å². The smallest absolute Gasteiger partial charge is 0.275 e. The number of rotatable bonds is 4. The zero-order valence-electron chi connectivity index (χ0n) is 10.2. The normalized spacial score (nSPS) is 16.3. The summed E-state index contributed by atoms with van der Waals surface area (Å²) in [6.07, 6.45) is 1.77. The Kier molecular flexibility index (Phi) is 4.26. The van der Waals surface area contributed by atoms with Gasteiger partial charge in [0.05, 0.1) is 23.7 Å². The van der Waals surface area contributed by atoms with Gasteiger partial charge in [-0.15, -0.1) is 0 Å². The van der Waals surface area contributed by atoms with E-state index >= 15 is 0 Å². The lowest BCUT2D eigenvalue weighted by Gasteiger charge is -2.22. The van der Waals surface area contributed by atoms with Gasteiger partial charge in [-0.05, 0) is 31.8 Å². The van der Waals surface area contributed by atoms with Gasteiger partial charge in [0, 0.05) is 0 Å². The van der Waals surface area contributed by atoms with Crippen molar-refractivity contribution >= 4 is 5.69 Å². The SMILES string of the molecule is O=[N+]([O-])c1cc(F)c(OCC2CCNCC2)c(F)c1. The van der Waals surface area contributed by atoms with E-state index in [0.29, 0.717) is 12.1 Å². The third-order valence-corrected chi connectivity index (χ3v) is 3.12. The fourth-order valence-electron chi connectivity index (χ4n) is 2.04. The van der Waals surface area contributed by atoms with E-state index in [-0.39, 0.29) is 12.5 Å². The molecule has 0 bridgehead atoms. The highest BCUT2D eigenvalue weighted by molar-refractivity contribution is 5.39. The number of ether oxygens (including phenoxy) is 1. The Morgan fingerprint density at radius 3 is 2.42 bits per heavy atom. The van der Waals surface area contributed by atoms with Gasteiger partial charge >= 0.3 is 0 Å². The van der Waals surface area contributed by atoms with Gasteiger partial charge in [-0.3, -0.25) is 10.1 Å². The number of hydrogen-bond acceptors (Lipinski definition) is 4. The average Bonchev–Trinajstić information content (AvgIpc) is 2.38. The molecule has 0 amide bonds. The van der Waals surface area contributed by atoms with E-state index in [0.717, 1.165) is 25.9 Å². The van der Waals surface area contributed by atoms with Gasteiger partial charge in [0.15, 0.2) is 17.4 Å². The van der Waals surface area contributed by atoms with Crippen LogP contribution >= 0.6 is 0 Å². The van der Waals surface area contributed by atoms with Crippen LogP contribution in [-0.2, 0) is 0 Å². The summed E-state index contributed by atoms with van der Waals surface area (Å²) in [6.45, 7) is 1.94. The molecular weight excluding hydrogens is 258 g/mol. The predicted octanol–water partition coefficient (Wildman–Crippen LogP) is 2.25. The highest BCUT2D eigenvalue weighted by atomic mass is 19.1. The molecule has 1 saturated heterocycles. The minimum Gasteiger partial charge on any atom is -0.487 e. The molecule has 2 rings (SSSR count). The molecule has 1 aliphatic heterocycles. The van der Waals surface area contributed by atoms with Crippen molar-refractivity contribution in [2.75, 3.05) is 19.7 Å². The molecule has 1 heterocycles. The van der Waals surface area contributed by atoms with E-state index in [1.165, 1.54) is 0 Å².